The third-order valence-corrected chi connectivity index (χ3v) is 4.24. The Hall–Kier alpha value is -1.60. The van der Waals surface area contributed by atoms with Gasteiger partial charge in [-0.3, -0.25) is 4.79 Å². The second-order valence-electron chi connectivity index (χ2n) is 5.80. The lowest BCUT2D eigenvalue weighted by molar-refractivity contribution is -0.176. The van der Waals surface area contributed by atoms with Crippen LogP contribution < -0.4 is 11.1 Å². The molecular weight excluding hydrogens is 321 g/mol. The fourth-order valence-electron chi connectivity index (χ4n) is 2.36. The van der Waals surface area contributed by atoms with Crippen molar-refractivity contribution in [2.75, 3.05) is 13.2 Å². The van der Waals surface area contributed by atoms with Crippen LogP contribution in [0, 0.1) is 5.41 Å². The average Bonchev–Trinajstić information content (AvgIpc) is 2.55. The Kier molecular flexibility index (Phi) is 7.69. The number of nitrogens with one attached hydrogen (secondary N) is 1. The third-order valence-electron chi connectivity index (χ3n) is 4.24. The van der Waals surface area contributed by atoms with E-state index in [1.54, 1.807) is 24.3 Å². The Morgan fingerprint density at radius 2 is 1.67 bits per heavy atom. The molecular formula is C17H25F3N2O2. The minimum Gasteiger partial charge on any atom is -0.367 e. The van der Waals surface area contributed by atoms with E-state index in [4.69, 9.17) is 5.73 Å². The van der Waals surface area contributed by atoms with Gasteiger partial charge in [-0.25, -0.2) is 0 Å². The van der Waals surface area contributed by atoms with Crippen LogP contribution in [0.25, 0.3) is 0 Å². The molecule has 1 amide bonds. The second-order valence-corrected chi connectivity index (χ2v) is 5.80. The predicted molar refractivity (Wildman–Crippen MR) is 86.1 cm³/mol. The van der Waals surface area contributed by atoms with E-state index < -0.39 is 18.2 Å². The van der Waals surface area contributed by atoms with Crippen LogP contribution in [0.15, 0.2) is 24.3 Å². The maximum Gasteiger partial charge on any atom is 0.411 e. The number of hydrogen-bond donors (Lipinski definition) is 2. The third kappa shape index (κ3) is 6.13. The van der Waals surface area contributed by atoms with E-state index in [2.05, 4.69) is 10.1 Å². The molecule has 0 radical (unpaired) electrons. The zero-order valence-electron chi connectivity index (χ0n) is 14.1. The van der Waals surface area contributed by atoms with Crippen molar-refractivity contribution in [1.29, 1.82) is 0 Å². The van der Waals surface area contributed by atoms with Gasteiger partial charge in [0.25, 0.3) is 0 Å². The molecule has 0 bridgehead atoms. The molecule has 0 aliphatic carbocycles. The Morgan fingerprint density at radius 1 is 1.12 bits per heavy atom. The van der Waals surface area contributed by atoms with Crippen LogP contribution in [0.1, 0.15) is 37.8 Å². The van der Waals surface area contributed by atoms with Gasteiger partial charge in [0.1, 0.15) is 6.61 Å². The van der Waals surface area contributed by atoms with Crippen molar-refractivity contribution in [3.05, 3.63) is 35.4 Å². The number of alkyl halides is 3. The number of hydrogen-bond acceptors (Lipinski definition) is 3. The van der Waals surface area contributed by atoms with Crippen LogP contribution in [0.2, 0.25) is 0 Å². The first-order valence-electron chi connectivity index (χ1n) is 7.97. The van der Waals surface area contributed by atoms with E-state index in [9.17, 15) is 18.0 Å². The highest BCUT2D eigenvalue weighted by molar-refractivity contribution is 5.82. The molecule has 0 heterocycles. The zero-order chi connectivity index (χ0) is 18.2. The van der Waals surface area contributed by atoms with Gasteiger partial charge in [0, 0.05) is 13.1 Å². The largest absolute Gasteiger partial charge is 0.411 e. The van der Waals surface area contributed by atoms with Gasteiger partial charge < -0.3 is 15.8 Å². The second kappa shape index (κ2) is 9.03. The molecule has 1 aromatic carbocycles. The number of carbonyl (C=O) groups is 1. The number of benzene rings is 1. The standard InChI is InChI=1S/C17H25F3N2O2/c1-3-16(4-2,11-21)15(23)22-9-13-5-7-14(8-6-13)10-24-12-17(18,19)20/h5-8H,3-4,9-12,21H2,1-2H3,(H,22,23). The maximum atomic E-state index is 12.3. The molecule has 24 heavy (non-hydrogen) atoms. The molecule has 0 atom stereocenters. The molecule has 0 aliphatic rings. The Labute approximate surface area is 140 Å². The van der Waals surface area contributed by atoms with Gasteiger partial charge in [-0.05, 0) is 24.0 Å². The van der Waals surface area contributed by atoms with E-state index in [1.165, 1.54) is 0 Å². The number of amides is 1. The highest BCUT2D eigenvalue weighted by Crippen LogP contribution is 2.25. The lowest BCUT2D eigenvalue weighted by Crippen LogP contribution is -2.45. The smallest absolute Gasteiger partial charge is 0.367 e. The topological polar surface area (TPSA) is 64.4 Å². The van der Waals surface area contributed by atoms with Gasteiger partial charge in [-0.15, -0.1) is 0 Å². The van der Waals surface area contributed by atoms with Gasteiger partial charge in [0.2, 0.25) is 5.91 Å². The molecule has 4 nitrogen and oxygen atoms in total. The molecule has 1 aromatic rings. The van der Waals surface area contributed by atoms with Crippen LogP contribution >= 0.6 is 0 Å². The lowest BCUT2D eigenvalue weighted by atomic mass is 9.81. The summed E-state index contributed by atoms with van der Waals surface area (Å²) in [7, 11) is 0. The summed E-state index contributed by atoms with van der Waals surface area (Å²) in [5, 5.41) is 2.88. The van der Waals surface area contributed by atoms with E-state index in [0.717, 1.165) is 5.56 Å². The van der Waals surface area contributed by atoms with Gasteiger partial charge in [0.15, 0.2) is 0 Å². The van der Waals surface area contributed by atoms with Gasteiger partial charge in [-0.2, -0.15) is 13.2 Å². The van der Waals surface area contributed by atoms with Crippen LogP contribution in [0.5, 0.6) is 0 Å². The van der Waals surface area contributed by atoms with Crippen molar-refractivity contribution >= 4 is 5.91 Å². The van der Waals surface area contributed by atoms with Crippen molar-refractivity contribution in [3.63, 3.8) is 0 Å². The van der Waals surface area contributed by atoms with E-state index >= 15 is 0 Å². The summed E-state index contributed by atoms with van der Waals surface area (Å²) >= 11 is 0. The Bertz CT molecular complexity index is 503. The lowest BCUT2D eigenvalue weighted by Gasteiger charge is -2.28. The van der Waals surface area contributed by atoms with Crippen molar-refractivity contribution in [2.24, 2.45) is 11.1 Å². The normalized spacial score (nSPS) is 12.2. The highest BCUT2D eigenvalue weighted by atomic mass is 19.4. The van der Waals surface area contributed by atoms with Gasteiger partial charge in [0.05, 0.1) is 12.0 Å². The van der Waals surface area contributed by atoms with Crippen molar-refractivity contribution in [1.82, 2.24) is 5.32 Å². The Morgan fingerprint density at radius 3 is 2.12 bits per heavy atom. The van der Waals surface area contributed by atoms with Crippen molar-refractivity contribution < 1.29 is 22.7 Å². The van der Waals surface area contributed by atoms with Crippen molar-refractivity contribution in [3.8, 4) is 0 Å². The first-order valence-corrected chi connectivity index (χ1v) is 7.97. The summed E-state index contributed by atoms with van der Waals surface area (Å²) in [5.74, 6) is -0.0763. The number of halogens is 3. The molecule has 0 aromatic heterocycles. The van der Waals surface area contributed by atoms with Crippen LogP contribution in [0.4, 0.5) is 13.2 Å². The predicted octanol–water partition coefficient (Wildman–Crippen LogP) is 3.15. The van der Waals surface area contributed by atoms with E-state index in [1.807, 2.05) is 13.8 Å². The monoisotopic (exact) mass is 346 g/mol. The van der Waals surface area contributed by atoms with Crippen molar-refractivity contribution in [2.45, 2.75) is 46.0 Å². The summed E-state index contributed by atoms with van der Waals surface area (Å²) in [4.78, 5) is 12.3. The Balaban J connectivity index is 2.51. The van der Waals surface area contributed by atoms with Gasteiger partial charge in [-0.1, -0.05) is 38.1 Å². The summed E-state index contributed by atoms with van der Waals surface area (Å²) in [6, 6.07) is 6.89. The summed E-state index contributed by atoms with van der Waals surface area (Å²) in [5.41, 5.74) is 6.70. The highest BCUT2D eigenvalue weighted by Gasteiger charge is 2.32. The number of ether oxygens (including phenoxy) is 1. The quantitative estimate of drug-likeness (QED) is 0.722. The molecule has 0 unspecified atom stereocenters. The number of nitrogens with two attached hydrogens (primary N) is 1. The van der Waals surface area contributed by atoms with Crippen LogP contribution in [-0.4, -0.2) is 25.2 Å². The fraction of sp³-hybridized carbons (Fsp3) is 0.588. The number of rotatable bonds is 9. The van der Waals surface area contributed by atoms with E-state index in [-0.39, 0.29) is 12.5 Å². The zero-order valence-corrected chi connectivity index (χ0v) is 14.1. The summed E-state index contributed by atoms with van der Waals surface area (Å²) in [6.07, 6.45) is -2.99. The SMILES string of the molecule is CCC(CC)(CN)C(=O)NCc1ccc(COCC(F)(F)F)cc1. The molecule has 1 rings (SSSR count). The van der Waals surface area contributed by atoms with Gasteiger partial charge >= 0.3 is 6.18 Å². The summed E-state index contributed by atoms with van der Waals surface area (Å²) < 4.78 is 40.6. The molecule has 0 saturated heterocycles. The fourth-order valence-corrected chi connectivity index (χ4v) is 2.36. The minimum absolute atomic E-state index is 0.0763. The molecule has 7 heteroatoms. The van der Waals surface area contributed by atoms with E-state index in [0.29, 0.717) is 31.5 Å². The molecule has 3 N–H and O–H groups in total. The molecule has 136 valence electrons. The first kappa shape index (κ1) is 20.4. The first-order chi connectivity index (χ1) is 11.3. The van der Waals surface area contributed by atoms with Crippen LogP contribution in [-0.2, 0) is 22.7 Å². The summed E-state index contributed by atoms with van der Waals surface area (Å²) in [6.45, 7) is 3.15. The minimum atomic E-state index is -4.32. The number of carbonyl (C=O) groups excluding carboxylic acids is 1. The maximum absolute atomic E-state index is 12.3. The molecule has 0 aliphatic heterocycles. The van der Waals surface area contributed by atoms with Crippen LogP contribution in [0.3, 0.4) is 0 Å². The average molecular weight is 346 g/mol. The molecule has 0 fully saturated rings. The molecule has 0 spiro atoms. The molecule has 0 saturated carbocycles.